The second-order valence-corrected chi connectivity index (χ2v) is 7.32. The van der Waals surface area contributed by atoms with Gasteiger partial charge in [0.25, 0.3) is 5.91 Å². The lowest BCUT2D eigenvalue weighted by Crippen LogP contribution is -2.48. The molecule has 2 amide bonds. The molecule has 3 rings (SSSR count). The topological polar surface area (TPSA) is 67.0 Å². The van der Waals surface area contributed by atoms with Crippen LogP contribution >= 0.6 is 0 Å². The molecule has 29 heavy (non-hydrogen) atoms. The molecule has 0 spiro atoms. The molecule has 0 aliphatic carbocycles. The fourth-order valence-electron chi connectivity index (χ4n) is 3.37. The summed E-state index contributed by atoms with van der Waals surface area (Å²) in [5, 5.41) is 5.96. The van der Waals surface area contributed by atoms with Crippen LogP contribution in [0.1, 0.15) is 22.3 Å². The van der Waals surface area contributed by atoms with Crippen LogP contribution in [0, 0.1) is 27.7 Å². The van der Waals surface area contributed by atoms with E-state index < -0.39 is 0 Å². The maximum atomic E-state index is 12.6. The lowest BCUT2D eigenvalue weighted by molar-refractivity contribution is -0.763. The Morgan fingerprint density at radius 2 is 1.28 bits per heavy atom. The Hall–Kier alpha value is -3.41. The van der Waals surface area contributed by atoms with Crippen LogP contribution < -0.4 is 15.3 Å². The maximum Gasteiger partial charge on any atom is 0.292 e. The average Bonchev–Trinajstić information content (AvgIpc) is 3.08. The van der Waals surface area contributed by atoms with E-state index in [9.17, 15) is 9.59 Å². The van der Waals surface area contributed by atoms with Gasteiger partial charge in [-0.15, -0.1) is 4.68 Å². The molecule has 0 aliphatic heterocycles. The van der Waals surface area contributed by atoms with Gasteiger partial charge in [0, 0.05) is 17.4 Å². The lowest BCUT2D eigenvalue weighted by Gasteiger charge is -2.12. The van der Waals surface area contributed by atoms with E-state index in [1.54, 1.807) is 21.8 Å². The van der Waals surface area contributed by atoms with Gasteiger partial charge in [-0.2, -0.15) is 4.68 Å². The molecule has 3 aromatic rings. The van der Waals surface area contributed by atoms with Crippen LogP contribution in [0.15, 0.2) is 54.9 Å². The molecular formula is C23H27N4O2+. The van der Waals surface area contributed by atoms with Gasteiger partial charge in [0.15, 0.2) is 12.7 Å². The van der Waals surface area contributed by atoms with E-state index >= 15 is 0 Å². The molecule has 6 nitrogen and oxygen atoms in total. The van der Waals surface area contributed by atoms with Crippen LogP contribution in [0.5, 0.6) is 0 Å². The van der Waals surface area contributed by atoms with Gasteiger partial charge in [-0.3, -0.25) is 9.59 Å². The molecule has 0 saturated carbocycles. The molecule has 2 N–H and O–H groups in total. The number of nitrogens with one attached hydrogen (secondary N) is 2. The van der Waals surface area contributed by atoms with Crippen molar-refractivity contribution in [3.05, 3.63) is 77.1 Å². The summed E-state index contributed by atoms with van der Waals surface area (Å²) in [4.78, 5) is 25.1. The standard InChI is InChI=1S/C23H26N4O2/c1-16-8-5-9-17(2)22(16)24-20(28)14-26-12-7-13-27(26)15-21(29)25-23-18(3)10-6-11-19(23)4/h5-13H,14-15H2,1-4H3,(H-,24,25,28,29)/p+1. The molecule has 150 valence electrons. The third-order valence-corrected chi connectivity index (χ3v) is 4.95. The summed E-state index contributed by atoms with van der Waals surface area (Å²) in [5.74, 6) is -0.273. The molecule has 2 aromatic carbocycles. The number of rotatable bonds is 6. The summed E-state index contributed by atoms with van der Waals surface area (Å²) in [6, 6.07) is 13.6. The highest BCUT2D eigenvalue weighted by atomic mass is 16.2. The number of nitrogens with zero attached hydrogens (tertiary/aromatic N) is 2. The first-order chi connectivity index (χ1) is 13.8. The number of carbonyl (C=O) groups is 2. The van der Waals surface area contributed by atoms with Crippen LogP contribution in [0.25, 0.3) is 0 Å². The van der Waals surface area contributed by atoms with E-state index in [1.807, 2.05) is 70.2 Å². The van der Waals surface area contributed by atoms with E-state index in [1.165, 1.54) is 0 Å². The van der Waals surface area contributed by atoms with Crippen molar-refractivity contribution >= 4 is 23.2 Å². The summed E-state index contributed by atoms with van der Waals surface area (Å²) in [6.07, 6.45) is 3.58. The summed E-state index contributed by atoms with van der Waals surface area (Å²) in [6.45, 7) is 8.12. The summed E-state index contributed by atoms with van der Waals surface area (Å²) >= 11 is 0. The largest absolute Gasteiger partial charge is 0.324 e. The average molecular weight is 391 g/mol. The number of para-hydroxylation sites is 2. The summed E-state index contributed by atoms with van der Waals surface area (Å²) < 4.78 is 3.46. The molecule has 0 radical (unpaired) electrons. The second-order valence-electron chi connectivity index (χ2n) is 7.32. The fraction of sp³-hybridized carbons (Fsp3) is 0.261. The van der Waals surface area contributed by atoms with Gasteiger partial charge in [-0.05, 0) is 49.9 Å². The zero-order valence-corrected chi connectivity index (χ0v) is 17.3. The number of benzene rings is 2. The Bertz CT molecular complexity index is 930. The number of carbonyl (C=O) groups excluding carboxylic acids is 2. The van der Waals surface area contributed by atoms with E-state index in [2.05, 4.69) is 10.6 Å². The zero-order valence-electron chi connectivity index (χ0n) is 17.3. The molecule has 0 fully saturated rings. The molecule has 1 aromatic heterocycles. The first kappa shape index (κ1) is 20.3. The van der Waals surface area contributed by atoms with Crippen molar-refractivity contribution in [3.8, 4) is 0 Å². The van der Waals surface area contributed by atoms with Crippen LogP contribution in [-0.4, -0.2) is 16.5 Å². The van der Waals surface area contributed by atoms with Crippen molar-refractivity contribution in [2.45, 2.75) is 40.8 Å². The molecule has 6 heteroatoms. The highest BCUT2D eigenvalue weighted by Crippen LogP contribution is 2.20. The van der Waals surface area contributed by atoms with Crippen molar-refractivity contribution in [3.63, 3.8) is 0 Å². The molecule has 0 atom stereocenters. The van der Waals surface area contributed by atoms with Crippen LogP contribution in [0.4, 0.5) is 11.4 Å². The number of amides is 2. The minimum Gasteiger partial charge on any atom is -0.324 e. The van der Waals surface area contributed by atoms with Crippen molar-refractivity contribution < 1.29 is 14.3 Å². The molecule has 0 unspecified atom stereocenters. The zero-order chi connectivity index (χ0) is 21.0. The number of hydrogen-bond acceptors (Lipinski definition) is 2. The van der Waals surface area contributed by atoms with E-state index in [4.69, 9.17) is 0 Å². The normalized spacial score (nSPS) is 10.6. The van der Waals surface area contributed by atoms with E-state index in [0.29, 0.717) is 0 Å². The van der Waals surface area contributed by atoms with Gasteiger partial charge >= 0.3 is 0 Å². The predicted octanol–water partition coefficient (Wildman–Crippen LogP) is 3.29. The van der Waals surface area contributed by atoms with E-state index in [-0.39, 0.29) is 24.9 Å². The molecule has 0 aliphatic rings. The molecule has 0 saturated heterocycles. The van der Waals surface area contributed by atoms with Gasteiger partial charge in [-0.1, -0.05) is 36.4 Å². The Morgan fingerprint density at radius 1 is 0.793 bits per heavy atom. The second kappa shape index (κ2) is 8.73. The minimum absolute atomic E-state index is 0.122. The third kappa shape index (κ3) is 4.90. The highest BCUT2D eigenvalue weighted by molar-refractivity contribution is 5.92. The van der Waals surface area contributed by atoms with Crippen molar-refractivity contribution in [2.24, 2.45) is 0 Å². The maximum absolute atomic E-state index is 12.6. The van der Waals surface area contributed by atoms with Crippen LogP contribution in [-0.2, 0) is 22.7 Å². The number of anilines is 2. The van der Waals surface area contributed by atoms with Crippen molar-refractivity contribution in [2.75, 3.05) is 10.6 Å². The first-order valence-corrected chi connectivity index (χ1v) is 9.62. The van der Waals surface area contributed by atoms with Gasteiger partial charge in [0.1, 0.15) is 0 Å². The Labute approximate surface area is 171 Å². The lowest BCUT2D eigenvalue weighted by atomic mass is 10.1. The van der Waals surface area contributed by atoms with E-state index in [0.717, 1.165) is 33.6 Å². The quantitative estimate of drug-likeness (QED) is 0.633. The number of hydrogen-bond donors (Lipinski definition) is 2. The fourth-order valence-corrected chi connectivity index (χ4v) is 3.37. The van der Waals surface area contributed by atoms with Crippen LogP contribution in [0.3, 0.4) is 0 Å². The molecular weight excluding hydrogens is 364 g/mol. The van der Waals surface area contributed by atoms with Crippen molar-refractivity contribution in [1.82, 2.24) is 4.68 Å². The molecule has 1 heterocycles. The SMILES string of the molecule is Cc1cccc(C)c1NC(=O)Cn1ccc[n+]1CC(=O)Nc1c(C)cccc1C. The third-order valence-electron chi connectivity index (χ3n) is 4.95. The smallest absolute Gasteiger partial charge is 0.292 e. The van der Waals surface area contributed by atoms with Gasteiger partial charge < -0.3 is 10.6 Å². The summed E-state index contributed by atoms with van der Waals surface area (Å²) in [5.41, 5.74) is 5.75. The van der Waals surface area contributed by atoms with Gasteiger partial charge in [0.2, 0.25) is 12.5 Å². The van der Waals surface area contributed by atoms with Gasteiger partial charge in [-0.25, -0.2) is 0 Å². The Morgan fingerprint density at radius 3 is 1.79 bits per heavy atom. The van der Waals surface area contributed by atoms with Gasteiger partial charge in [0.05, 0.1) is 6.20 Å². The Balaban J connectivity index is 1.66. The number of aryl methyl sites for hydroxylation is 4. The Kier molecular flexibility index (Phi) is 6.12. The highest BCUT2D eigenvalue weighted by Gasteiger charge is 2.18. The summed E-state index contributed by atoms with van der Waals surface area (Å²) in [7, 11) is 0. The predicted molar refractivity (Wildman–Crippen MR) is 114 cm³/mol. The monoisotopic (exact) mass is 391 g/mol. The van der Waals surface area contributed by atoms with Crippen LogP contribution in [0.2, 0.25) is 0 Å². The molecule has 0 bridgehead atoms. The minimum atomic E-state index is -0.137. The number of aromatic nitrogens is 2. The van der Waals surface area contributed by atoms with Crippen molar-refractivity contribution in [1.29, 1.82) is 0 Å². The first-order valence-electron chi connectivity index (χ1n) is 9.62.